The first-order valence-electron chi connectivity index (χ1n) is 5.81. The number of nitrogens with one attached hydrogen (secondary N) is 1. The average Bonchev–Trinajstić information content (AvgIpc) is 2.44. The lowest BCUT2D eigenvalue weighted by molar-refractivity contribution is 0.318. The first-order chi connectivity index (χ1) is 8.93. The van der Waals surface area contributed by atoms with Gasteiger partial charge in [-0.05, 0) is 32.0 Å². The molecule has 0 aliphatic carbocycles. The van der Waals surface area contributed by atoms with Gasteiger partial charge in [-0.15, -0.1) is 6.42 Å². The number of terminal acetylenes is 1. The van der Waals surface area contributed by atoms with Crippen LogP contribution < -0.4 is 15.8 Å². The van der Waals surface area contributed by atoms with Crippen LogP contribution in [0, 0.1) is 12.3 Å². The number of oxime groups is 1. The van der Waals surface area contributed by atoms with E-state index in [4.69, 9.17) is 22.1 Å². The van der Waals surface area contributed by atoms with E-state index in [2.05, 4.69) is 16.4 Å². The lowest BCUT2D eigenvalue weighted by Crippen LogP contribution is -2.37. The maximum Gasteiger partial charge on any atom is 0.170 e. The van der Waals surface area contributed by atoms with E-state index in [-0.39, 0.29) is 5.84 Å². The highest BCUT2D eigenvalue weighted by Crippen LogP contribution is 2.20. The molecule has 0 radical (unpaired) electrons. The Morgan fingerprint density at radius 3 is 2.79 bits per heavy atom. The number of nitrogens with zero attached hydrogens (tertiary/aromatic N) is 1. The fourth-order valence-corrected chi connectivity index (χ4v) is 1.50. The third kappa shape index (κ3) is 3.90. The van der Waals surface area contributed by atoms with Crippen molar-refractivity contribution in [3.8, 4) is 18.1 Å². The molecular weight excluding hydrogens is 242 g/mol. The lowest BCUT2D eigenvalue weighted by atomic mass is 10.0. The molecule has 0 bridgehead atoms. The first kappa shape index (κ1) is 14.9. The highest BCUT2D eigenvalue weighted by atomic mass is 16.5. The van der Waals surface area contributed by atoms with Crippen LogP contribution in [0.1, 0.15) is 25.0 Å². The van der Waals surface area contributed by atoms with Crippen LogP contribution in [0.25, 0.3) is 0 Å². The Kier molecular flexibility index (Phi) is 4.79. The van der Waals surface area contributed by atoms with Gasteiger partial charge in [0, 0.05) is 17.7 Å². The molecule has 0 unspecified atom stereocenters. The van der Waals surface area contributed by atoms with Crippen molar-refractivity contribution in [3.63, 3.8) is 0 Å². The van der Waals surface area contributed by atoms with Gasteiger partial charge in [-0.3, -0.25) is 5.32 Å². The van der Waals surface area contributed by atoms with Gasteiger partial charge in [-0.25, -0.2) is 0 Å². The molecule has 4 N–H and O–H groups in total. The van der Waals surface area contributed by atoms with Crippen molar-refractivity contribution < 1.29 is 9.94 Å². The van der Waals surface area contributed by atoms with Crippen molar-refractivity contribution in [2.75, 3.05) is 7.11 Å². The number of amidine groups is 1. The molecule has 102 valence electrons. The first-order valence-corrected chi connectivity index (χ1v) is 5.81. The van der Waals surface area contributed by atoms with Crippen molar-refractivity contribution in [3.05, 3.63) is 29.3 Å². The highest BCUT2D eigenvalue weighted by Gasteiger charge is 2.14. The zero-order valence-corrected chi connectivity index (χ0v) is 11.4. The third-order valence-electron chi connectivity index (χ3n) is 2.77. The minimum absolute atomic E-state index is 0.0557. The highest BCUT2D eigenvalue weighted by molar-refractivity contribution is 5.97. The summed E-state index contributed by atoms with van der Waals surface area (Å²) in [5, 5.41) is 14.9. The van der Waals surface area contributed by atoms with Crippen LogP contribution in [0.3, 0.4) is 0 Å². The van der Waals surface area contributed by atoms with E-state index in [9.17, 15) is 0 Å². The summed E-state index contributed by atoms with van der Waals surface area (Å²) in [6.07, 6.45) is 5.42. The van der Waals surface area contributed by atoms with Crippen molar-refractivity contribution in [2.45, 2.75) is 25.9 Å². The maximum absolute atomic E-state index is 8.69. The standard InChI is InChI=1S/C14H19N3O2/c1-5-14(2,3)16-9-11-8-10(13(15)17-18)6-7-12(11)19-4/h1,6-8,16,18H,9H2,2-4H3,(H2,15,17). The second-order valence-electron chi connectivity index (χ2n) is 4.63. The molecule has 5 heteroatoms. The van der Waals surface area contributed by atoms with E-state index >= 15 is 0 Å². The molecular formula is C14H19N3O2. The summed E-state index contributed by atoms with van der Waals surface area (Å²) >= 11 is 0. The van der Waals surface area contributed by atoms with Crippen molar-refractivity contribution in [1.82, 2.24) is 5.32 Å². The minimum Gasteiger partial charge on any atom is -0.496 e. The van der Waals surface area contributed by atoms with Gasteiger partial charge in [0.15, 0.2) is 5.84 Å². The Morgan fingerprint density at radius 1 is 1.58 bits per heavy atom. The summed E-state index contributed by atoms with van der Waals surface area (Å²) in [6.45, 7) is 4.34. The van der Waals surface area contributed by atoms with Gasteiger partial charge >= 0.3 is 0 Å². The van der Waals surface area contributed by atoms with Gasteiger partial charge in [-0.2, -0.15) is 0 Å². The predicted molar refractivity (Wildman–Crippen MR) is 75.3 cm³/mol. The molecule has 5 nitrogen and oxygen atoms in total. The van der Waals surface area contributed by atoms with E-state index in [0.29, 0.717) is 12.1 Å². The molecule has 0 aromatic heterocycles. The summed E-state index contributed by atoms with van der Waals surface area (Å²) < 4.78 is 5.28. The monoisotopic (exact) mass is 261 g/mol. The number of hydrogen-bond acceptors (Lipinski definition) is 4. The Balaban J connectivity index is 3.01. The van der Waals surface area contributed by atoms with E-state index < -0.39 is 5.54 Å². The fraction of sp³-hybridized carbons (Fsp3) is 0.357. The van der Waals surface area contributed by atoms with Gasteiger partial charge < -0.3 is 15.7 Å². The van der Waals surface area contributed by atoms with Crippen LogP contribution >= 0.6 is 0 Å². The molecule has 1 aromatic carbocycles. The van der Waals surface area contributed by atoms with Gasteiger partial charge in [0.1, 0.15) is 5.75 Å². The van der Waals surface area contributed by atoms with E-state index in [1.165, 1.54) is 0 Å². The van der Waals surface area contributed by atoms with Gasteiger partial charge in [-0.1, -0.05) is 11.1 Å². The van der Waals surface area contributed by atoms with Crippen LogP contribution in [0.2, 0.25) is 0 Å². The number of ether oxygens (including phenoxy) is 1. The molecule has 0 saturated heterocycles. The summed E-state index contributed by atoms with van der Waals surface area (Å²) in [7, 11) is 1.59. The number of methoxy groups -OCH3 is 1. The van der Waals surface area contributed by atoms with E-state index in [0.717, 1.165) is 11.3 Å². The van der Waals surface area contributed by atoms with E-state index in [1.807, 2.05) is 13.8 Å². The molecule has 0 amide bonds. The van der Waals surface area contributed by atoms with Crippen LogP contribution in [0.4, 0.5) is 0 Å². The molecule has 1 aromatic rings. The number of hydrogen-bond donors (Lipinski definition) is 3. The molecule has 0 saturated carbocycles. The van der Waals surface area contributed by atoms with Gasteiger partial charge in [0.25, 0.3) is 0 Å². The molecule has 19 heavy (non-hydrogen) atoms. The van der Waals surface area contributed by atoms with Crippen molar-refractivity contribution in [2.24, 2.45) is 10.9 Å². The topological polar surface area (TPSA) is 79.9 Å². The summed E-state index contributed by atoms with van der Waals surface area (Å²) in [4.78, 5) is 0. The lowest BCUT2D eigenvalue weighted by Gasteiger charge is -2.20. The summed E-state index contributed by atoms with van der Waals surface area (Å²) in [5.41, 5.74) is 6.66. The van der Waals surface area contributed by atoms with Gasteiger partial charge in [0.05, 0.1) is 12.6 Å². The molecule has 0 spiro atoms. The Bertz CT molecular complexity index is 516. The van der Waals surface area contributed by atoms with Crippen molar-refractivity contribution in [1.29, 1.82) is 0 Å². The quantitative estimate of drug-likeness (QED) is 0.245. The summed E-state index contributed by atoms with van der Waals surface area (Å²) in [6, 6.07) is 5.30. The minimum atomic E-state index is -0.419. The molecule has 0 atom stereocenters. The fourth-order valence-electron chi connectivity index (χ4n) is 1.50. The molecule has 0 aliphatic heterocycles. The van der Waals surface area contributed by atoms with Crippen LogP contribution in [-0.4, -0.2) is 23.7 Å². The smallest absolute Gasteiger partial charge is 0.170 e. The molecule has 0 aliphatic rings. The second-order valence-corrected chi connectivity index (χ2v) is 4.63. The van der Waals surface area contributed by atoms with Crippen LogP contribution in [-0.2, 0) is 6.54 Å². The molecule has 1 rings (SSSR count). The Hall–Kier alpha value is -2.19. The summed E-state index contributed by atoms with van der Waals surface area (Å²) in [5.74, 6) is 3.43. The SMILES string of the molecule is C#CC(C)(C)NCc1cc(/C(N)=N/O)ccc1OC. The zero-order chi connectivity index (χ0) is 14.5. The predicted octanol–water partition coefficient (Wildman–Crippen LogP) is 1.29. The van der Waals surface area contributed by atoms with Crippen molar-refractivity contribution >= 4 is 5.84 Å². The Labute approximate surface area is 113 Å². The van der Waals surface area contributed by atoms with Crippen LogP contribution in [0.15, 0.2) is 23.4 Å². The second kappa shape index (κ2) is 6.12. The maximum atomic E-state index is 8.69. The number of benzene rings is 1. The van der Waals surface area contributed by atoms with Gasteiger partial charge in [0.2, 0.25) is 0 Å². The number of nitrogens with two attached hydrogens (primary N) is 1. The largest absolute Gasteiger partial charge is 0.496 e. The molecule has 0 fully saturated rings. The zero-order valence-electron chi connectivity index (χ0n) is 11.4. The number of rotatable bonds is 5. The van der Waals surface area contributed by atoms with Crippen LogP contribution in [0.5, 0.6) is 5.75 Å². The average molecular weight is 261 g/mol. The molecule has 0 heterocycles. The van der Waals surface area contributed by atoms with E-state index in [1.54, 1.807) is 25.3 Å². The normalized spacial score (nSPS) is 12.0. The Morgan fingerprint density at radius 2 is 2.26 bits per heavy atom. The third-order valence-corrected chi connectivity index (χ3v) is 2.77.